The van der Waals surface area contributed by atoms with E-state index in [0.717, 1.165) is 0 Å². The van der Waals surface area contributed by atoms with Crippen molar-refractivity contribution < 1.29 is 21.8 Å². The molecule has 0 aliphatic carbocycles. The van der Waals surface area contributed by atoms with Gasteiger partial charge in [0.2, 0.25) is 0 Å². The molecule has 0 aromatic heterocycles. The Morgan fingerprint density at radius 2 is 1.88 bits per heavy atom. The van der Waals surface area contributed by atoms with Crippen molar-refractivity contribution in [3.8, 4) is 0 Å². The molecule has 0 N–H and O–H groups in total. The summed E-state index contributed by atoms with van der Waals surface area (Å²) in [4.78, 5) is 0. The van der Waals surface area contributed by atoms with Crippen LogP contribution in [0.15, 0.2) is 11.5 Å². The highest BCUT2D eigenvalue weighted by Gasteiger charge is 1.91. The molecule has 48 valence electrons. The zero-order valence-electron chi connectivity index (χ0n) is 3.47. The lowest BCUT2D eigenvalue weighted by Crippen LogP contribution is -1.89. The minimum Gasteiger partial charge on any atom is -0.744 e. The molecule has 8 heavy (non-hydrogen) atoms. The van der Waals surface area contributed by atoms with Crippen LogP contribution in [0, 0.1) is 0 Å². The van der Waals surface area contributed by atoms with Crippen molar-refractivity contribution in [2.75, 3.05) is 0 Å². The molecule has 0 aliphatic rings. The second kappa shape index (κ2) is 2.19. The predicted octanol–water partition coefficient (Wildman–Crippen LogP) is 0.270. The average molecular weight is 143 g/mol. The Bertz CT molecular complexity index is 187. The van der Waals surface area contributed by atoms with E-state index in [1.807, 2.05) is 0 Å². The molecule has 6 heteroatoms. The molecule has 0 fully saturated rings. The van der Waals surface area contributed by atoms with Crippen LogP contribution >= 0.6 is 0 Å². The van der Waals surface area contributed by atoms with Gasteiger partial charge in [-0.15, -0.1) is 0 Å². The van der Waals surface area contributed by atoms with Gasteiger partial charge in [-0.3, -0.25) is 0 Å². The van der Waals surface area contributed by atoms with E-state index in [-0.39, 0.29) is 0 Å². The summed E-state index contributed by atoms with van der Waals surface area (Å²) < 4.78 is 49.6. The first-order valence-electron chi connectivity index (χ1n) is 1.40. The van der Waals surface area contributed by atoms with Crippen LogP contribution in [0.25, 0.3) is 0 Å². The lowest BCUT2D eigenvalue weighted by Gasteiger charge is -1.94. The first-order valence-corrected chi connectivity index (χ1v) is 2.87. The second-order valence-corrected chi connectivity index (χ2v) is 2.12. The highest BCUT2D eigenvalue weighted by atomic mass is 32.2. The van der Waals surface area contributed by atoms with Crippen LogP contribution in [-0.2, 0) is 10.1 Å². The van der Waals surface area contributed by atoms with Gasteiger partial charge < -0.3 is 4.55 Å². The van der Waals surface area contributed by atoms with Crippen LogP contribution in [0.2, 0.25) is 0 Å². The monoisotopic (exact) mass is 143 g/mol. The normalized spacial score (nSPS) is 10.9. The Kier molecular flexibility index (Phi) is 2.05. The van der Waals surface area contributed by atoms with Gasteiger partial charge in [0.25, 0.3) is 6.08 Å². The van der Waals surface area contributed by atoms with Crippen molar-refractivity contribution in [3.05, 3.63) is 11.5 Å². The summed E-state index contributed by atoms with van der Waals surface area (Å²) >= 11 is 0. The topological polar surface area (TPSA) is 57.2 Å². The minimum absolute atomic E-state index is 0.646. The van der Waals surface area contributed by atoms with Crippen molar-refractivity contribution >= 4 is 10.1 Å². The smallest absolute Gasteiger partial charge is 0.280 e. The van der Waals surface area contributed by atoms with Crippen molar-refractivity contribution in [2.24, 2.45) is 0 Å². The molecular formula is C2HF2O3S-. The van der Waals surface area contributed by atoms with Crippen LogP contribution in [-0.4, -0.2) is 13.0 Å². The van der Waals surface area contributed by atoms with E-state index in [4.69, 9.17) is 0 Å². The van der Waals surface area contributed by atoms with Gasteiger partial charge >= 0.3 is 0 Å². The number of hydrogen-bond donors (Lipinski definition) is 0. The SMILES string of the molecule is O=S(=O)([O-])C=C(F)F. The fraction of sp³-hybridized carbons (Fsp3) is 0. The number of rotatable bonds is 1. The minimum atomic E-state index is -4.89. The molecule has 0 bridgehead atoms. The second-order valence-electron chi connectivity index (χ2n) is 0.900. The van der Waals surface area contributed by atoms with Gasteiger partial charge in [-0.1, -0.05) is 0 Å². The molecule has 0 unspecified atom stereocenters. The van der Waals surface area contributed by atoms with Gasteiger partial charge in [0.15, 0.2) is 0 Å². The lowest BCUT2D eigenvalue weighted by molar-refractivity contribution is 0.418. The Morgan fingerprint density at radius 1 is 1.50 bits per heavy atom. The predicted molar refractivity (Wildman–Crippen MR) is 20.0 cm³/mol. The Morgan fingerprint density at radius 3 is 1.88 bits per heavy atom. The maximum Gasteiger partial charge on any atom is 0.280 e. The summed E-state index contributed by atoms with van der Waals surface area (Å²) in [6.45, 7) is 0. The van der Waals surface area contributed by atoms with E-state index in [1.54, 1.807) is 0 Å². The Balaban J connectivity index is 4.36. The largest absolute Gasteiger partial charge is 0.744 e. The molecular weight excluding hydrogens is 142 g/mol. The third-order valence-electron chi connectivity index (χ3n) is 0.233. The van der Waals surface area contributed by atoms with Gasteiger partial charge in [0.05, 0.1) is 5.41 Å². The highest BCUT2D eigenvalue weighted by molar-refractivity contribution is 7.88. The fourth-order valence-electron chi connectivity index (χ4n) is 0.109. The maximum atomic E-state index is 10.8. The molecule has 0 rings (SSSR count). The van der Waals surface area contributed by atoms with E-state index < -0.39 is 21.6 Å². The van der Waals surface area contributed by atoms with Crippen molar-refractivity contribution in [1.29, 1.82) is 0 Å². The third-order valence-corrected chi connectivity index (χ3v) is 0.700. The van der Waals surface area contributed by atoms with Gasteiger partial charge in [-0.25, -0.2) is 8.42 Å². The van der Waals surface area contributed by atoms with Crippen molar-refractivity contribution in [3.63, 3.8) is 0 Å². The van der Waals surface area contributed by atoms with Gasteiger partial charge in [0, 0.05) is 0 Å². The molecule has 0 radical (unpaired) electrons. The van der Waals surface area contributed by atoms with Gasteiger partial charge in [0.1, 0.15) is 10.1 Å². The van der Waals surface area contributed by atoms with E-state index in [1.165, 1.54) is 0 Å². The Labute approximate surface area is 44.4 Å². The first kappa shape index (κ1) is 7.51. The number of halogens is 2. The van der Waals surface area contributed by atoms with E-state index in [2.05, 4.69) is 0 Å². The molecule has 0 atom stereocenters. The molecule has 0 saturated carbocycles. The van der Waals surface area contributed by atoms with Crippen molar-refractivity contribution in [1.82, 2.24) is 0 Å². The molecule has 0 spiro atoms. The van der Waals surface area contributed by atoms with Crippen LogP contribution in [0.1, 0.15) is 0 Å². The molecule has 0 aromatic rings. The molecule has 0 aliphatic heterocycles. The van der Waals surface area contributed by atoms with Crippen LogP contribution < -0.4 is 0 Å². The molecule has 0 saturated heterocycles. The van der Waals surface area contributed by atoms with Crippen LogP contribution in [0.3, 0.4) is 0 Å². The summed E-state index contributed by atoms with van der Waals surface area (Å²) in [6, 6.07) is 0. The van der Waals surface area contributed by atoms with E-state index in [9.17, 15) is 21.8 Å². The van der Waals surface area contributed by atoms with Gasteiger partial charge in [-0.2, -0.15) is 8.78 Å². The van der Waals surface area contributed by atoms with E-state index in [0.29, 0.717) is 0 Å². The maximum absolute atomic E-state index is 10.8. The van der Waals surface area contributed by atoms with Gasteiger partial charge in [-0.05, 0) is 0 Å². The number of hydrogen-bond acceptors (Lipinski definition) is 3. The summed E-state index contributed by atoms with van der Waals surface area (Å²) in [6.07, 6.45) is -2.50. The molecule has 0 amide bonds. The fourth-order valence-corrected chi connectivity index (χ4v) is 0.327. The summed E-state index contributed by atoms with van der Waals surface area (Å²) in [7, 11) is -4.89. The standard InChI is InChI=1S/C2H2F2O3S/c3-2(4)1-8(5,6)7/h1H,(H,5,6,7)/p-1. The third kappa shape index (κ3) is 5.51. The quantitative estimate of drug-likeness (QED) is 0.495. The Hall–Kier alpha value is -0.490. The summed E-state index contributed by atoms with van der Waals surface area (Å²) in [5, 5.41) is -0.646. The zero-order chi connectivity index (χ0) is 6.78. The van der Waals surface area contributed by atoms with E-state index >= 15 is 0 Å². The molecule has 0 aromatic carbocycles. The summed E-state index contributed by atoms with van der Waals surface area (Å²) in [5.74, 6) is 0. The van der Waals surface area contributed by atoms with Crippen molar-refractivity contribution in [2.45, 2.75) is 0 Å². The lowest BCUT2D eigenvalue weighted by atomic mass is 11.1. The average Bonchev–Trinajstić information content (AvgIpc) is 1.21. The summed E-state index contributed by atoms with van der Waals surface area (Å²) in [5.41, 5.74) is 0. The molecule has 3 nitrogen and oxygen atoms in total. The van der Waals surface area contributed by atoms with Crippen LogP contribution in [0.5, 0.6) is 0 Å². The van der Waals surface area contributed by atoms with Crippen LogP contribution in [0.4, 0.5) is 8.78 Å². The highest BCUT2D eigenvalue weighted by Crippen LogP contribution is 1.98. The molecule has 0 heterocycles. The zero-order valence-corrected chi connectivity index (χ0v) is 4.28. The first-order chi connectivity index (χ1) is 3.42.